The molecular formula is C17H16BrN3O3S. The lowest BCUT2D eigenvalue weighted by atomic mass is 10.1. The molecule has 25 heavy (non-hydrogen) atoms. The third kappa shape index (κ3) is 5.54. The van der Waals surface area contributed by atoms with Gasteiger partial charge in [0.25, 0.3) is 11.8 Å². The average Bonchev–Trinajstić information content (AvgIpc) is 2.54. The number of carbonyl (C=O) groups is 2. The number of hydrogen-bond donors (Lipinski definition) is 3. The molecule has 0 heterocycles. The van der Waals surface area contributed by atoms with Crippen molar-refractivity contribution in [3.05, 3.63) is 58.1 Å². The Kier molecular flexibility index (Phi) is 6.49. The Morgan fingerprint density at radius 3 is 2.64 bits per heavy atom. The largest absolute Gasteiger partial charge is 0.483 e. The highest BCUT2D eigenvalue weighted by atomic mass is 79.9. The van der Waals surface area contributed by atoms with Crippen LogP contribution in [0.15, 0.2) is 46.9 Å². The summed E-state index contributed by atoms with van der Waals surface area (Å²) in [6.07, 6.45) is 0. The standard InChI is InChI=1S/C17H16BrN3O3S/c1-10-6-7-14(12(18)8-10)24-9-15(22)21-17(25)20-13-5-3-2-4-11(13)16(19)23/h2-8H,9H2,1H3,(H2,19,23)(H2,20,21,22,25). The molecule has 2 rings (SSSR count). The molecule has 6 nitrogen and oxygen atoms in total. The zero-order valence-electron chi connectivity index (χ0n) is 13.3. The van der Waals surface area contributed by atoms with Crippen LogP contribution in [0.1, 0.15) is 15.9 Å². The van der Waals surface area contributed by atoms with Crippen LogP contribution in [0.25, 0.3) is 0 Å². The topological polar surface area (TPSA) is 93.4 Å². The summed E-state index contributed by atoms with van der Waals surface area (Å²) in [5, 5.41) is 5.30. The molecule has 2 aromatic carbocycles. The van der Waals surface area contributed by atoms with Gasteiger partial charge in [-0.25, -0.2) is 0 Å². The number of carbonyl (C=O) groups excluding carboxylic acids is 2. The minimum Gasteiger partial charge on any atom is -0.483 e. The lowest BCUT2D eigenvalue weighted by molar-refractivity contribution is -0.121. The quantitative estimate of drug-likeness (QED) is 0.645. The fraction of sp³-hybridized carbons (Fsp3) is 0.118. The van der Waals surface area contributed by atoms with E-state index >= 15 is 0 Å². The maximum Gasteiger partial charge on any atom is 0.264 e. The predicted molar refractivity (Wildman–Crippen MR) is 104 cm³/mol. The minimum absolute atomic E-state index is 0.0465. The van der Waals surface area contributed by atoms with Crippen molar-refractivity contribution in [2.45, 2.75) is 6.92 Å². The van der Waals surface area contributed by atoms with Crippen LogP contribution in [0.2, 0.25) is 0 Å². The summed E-state index contributed by atoms with van der Waals surface area (Å²) in [5.74, 6) is -0.468. The highest BCUT2D eigenvalue weighted by Gasteiger charge is 2.11. The number of para-hydroxylation sites is 1. The maximum absolute atomic E-state index is 11.9. The average molecular weight is 422 g/mol. The normalized spacial score (nSPS) is 10.0. The van der Waals surface area contributed by atoms with Crippen LogP contribution >= 0.6 is 28.1 Å². The Balaban J connectivity index is 1.90. The number of halogens is 1. The molecule has 0 spiro atoms. The van der Waals surface area contributed by atoms with E-state index in [0.717, 1.165) is 10.0 Å². The van der Waals surface area contributed by atoms with Gasteiger partial charge in [-0.2, -0.15) is 0 Å². The van der Waals surface area contributed by atoms with Crippen LogP contribution < -0.4 is 21.1 Å². The molecule has 130 valence electrons. The number of primary amides is 1. The fourth-order valence-corrected chi connectivity index (χ4v) is 2.82. The Bertz CT molecular complexity index is 827. The lowest BCUT2D eigenvalue weighted by Crippen LogP contribution is -2.37. The molecule has 4 N–H and O–H groups in total. The Labute approximate surface area is 158 Å². The summed E-state index contributed by atoms with van der Waals surface area (Å²) in [5.41, 5.74) is 7.06. The molecule has 0 unspecified atom stereocenters. The zero-order valence-corrected chi connectivity index (χ0v) is 15.7. The van der Waals surface area contributed by atoms with Gasteiger partial charge in [-0.05, 0) is 64.9 Å². The van der Waals surface area contributed by atoms with Gasteiger partial charge < -0.3 is 15.8 Å². The second-order valence-electron chi connectivity index (χ2n) is 5.13. The van der Waals surface area contributed by atoms with Crippen LogP contribution in [0.5, 0.6) is 5.75 Å². The van der Waals surface area contributed by atoms with Gasteiger partial charge >= 0.3 is 0 Å². The Morgan fingerprint density at radius 2 is 1.96 bits per heavy atom. The molecule has 2 amide bonds. The second kappa shape index (κ2) is 8.59. The van der Waals surface area contributed by atoms with Crippen LogP contribution in [-0.2, 0) is 4.79 Å². The van der Waals surface area contributed by atoms with E-state index in [9.17, 15) is 9.59 Å². The van der Waals surface area contributed by atoms with Crippen molar-refractivity contribution in [3.8, 4) is 5.75 Å². The van der Waals surface area contributed by atoms with Crippen molar-refractivity contribution in [2.24, 2.45) is 5.73 Å². The van der Waals surface area contributed by atoms with Crippen molar-refractivity contribution in [2.75, 3.05) is 11.9 Å². The van der Waals surface area contributed by atoms with E-state index in [1.165, 1.54) is 0 Å². The van der Waals surface area contributed by atoms with Gasteiger partial charge in [0, 0.05) is 0 Å². The molecule has 0 aliphatic rings. The van der Waals surface area contributed by atoms with E-state index in [2.05, 4.69) is 26.6 Å². The molecule has 0 saturated heterocycles. The molecule has 0 aliphatic heterocycles. The van der Waals surface area contributed by atoms with Crippen molar-refractivity contribution >= 4 is 50.8 Å². The molecule has 2 aromatic rings. The third-order valence-electron chi connectivity index (χ3n) is 3.14. The van der Waals surface area contributed by atoms with Crippen molar-refractivity contribution in [1.29, 1.82) is 0 Å². The first-order chi connectivity index (χ1) is 11.9. The molecule has 0 fully saturated rings. The number of rotatable bonds is 5. The van der Waals surface area contributed by atoms with Gasteiger partial charge in [0.2, 0.25) is 0 Å². The first-order valence-electron chi connectivity index (χ1n) is 7.25. The number of anilines is 1. The summed E-state index contributed by atoms with van der Waals surface area (Å²) in [6, 6.07) is 12.1. The van der Waals surface area contributed by atoms with E-state index in [-0.39, 0.29) is 17.3 Å². The van der Waals surface area contributed by atoms with E-state index < -0.39 is 11.8 Å². The van der Waals surface area contributed by atoms with Crippen molar-refractivity contribution in [1.82, 2.24) is 5.32 Å². The van der Waals surface area contributed by atoms with Gasteiger partial charge in [-0.1, -0.05) is 18.2 Å². The predicted octanol–water partition coefficient (Wildman–Crippen LogP) is 2.75. The molecule has 0 radical (unpaired) electrons. The molecule has 8 heteroatoms. The van der Waals surface area contributed by atoms with E-state index in [0.29, 0.717) is 11.4 Å². The molecule has 0 aromatic heterocycles. The molecule has 0 bridgehead atoms. The minimum atomic E-state index is -0.593. The number of benzene rings is 2. The summed E-state index contributed by atoms with van der Waals surface area (Å²) >= 11 is 8.45. The zero-order chi connectivity index (χ0) is 18.4. The number of nitrogens with two attached hydrogens (primary N) is 1. The SMILES string of the molecule is Cc1ccc(OCC(=O)NC(=S)Nc2ccccc2C(N)=O)c(Br)c1. The van der Waals surface area contributed by atoms with Crippen LogP contribution in [0, 0.1) is 6.92 Å². The van der Waals surface area contributed by atoms with Gasteiger partial charge in [0.1, 0.15) is 5.75 Å². The number of nitrogens with one attached hydrogen (secondary N) is 2. The van der Waals surface area contributed by atoms with Crippen molar-refractivity contribution < 1.29 is 14.3 Å². The third-order valence-corrected chi connectivity index (χ3v) is 3.96. The first-order valence-corrected chi connectivity index (χ1v) is 8.45. The highest BCUT2D eigenvalue weighted by Crippen LogP contribution is 2.25. The van der Waals surface area contributed by atoms with Crippen LogP contribution in [-0.4, -0.2) is 23.5 Å². The maximum atomic E-state index is 11.9. The van der Waals surface area contributed by atoms with E-state index in [4.69, 9.17) is 22.7 Å². The summed E-state index contributed by atoms with van der Waals surface area (Å²) in [7, 11) is 0. The smallest absolute Gasteiger partial charge is 0.264 e. The monoisotopic (exact) mass is 421 g/mol. The number of aryl methyl sites for hydroxylation is 1. The van der Waals surface area contributed by atoms with E-state index in [1.807, 2.05) is 19.1 Å². The summed E-state index contributed by atoms with van der Waals surface area (Å²) in [4.78, 5) is 23.3. The van der Waals surface area contributed by atoms with Gasteiger partial charge in [0.15, 0.2) is 11.7 Å². The highest BCUT2D eigenvalue weighted by molar-refractivity contribution is 9.10. The molecule has 0 atom stereocenters. The number of thiocarbonyl (C=S) groups is 1. The molecule has 0 saturated carbocycles. The lowest BCUT2D eigenvalue weighted by Gasteiger charge is -2.13. The molecule has 0 aliphatic carbocycles. The van der Waals surface area contributed by atoms with Gasteiger partial charge in [0.05, 0.1) is 15.7 Å². The first kappa shape index (κ1) is 18.9. The van der Waals surface area contributed by atoms with Gasteiger partial charge in [-0.15, -0.1) is 0 Å². The Hall–Kier alpha value is -2.45. The summed E-state index contributed by atoms with van der Waals surface area (Å²) in [6.45, 7) is 1.75. The fourth-order valence-electron chi connectivity index (χ4n) is 1.99. The van der Waals surface area contributed by atoms with Crippen molar-refractivity contribution in [3.63, 3.8) is 0 Å². The van der Waals surface area contributed by atoms with Gasteiger partial charge in [-0.3, -0.25) is 14.9 Å². The second-order valence-corrected chi connectivity index (χ2v) is 6.40. The number of ether oxygens (including phenoxy) is 1. The number of amides is 2. The number of hydrogen-bond acceptors (Lipinski definition) is 4. The van der Waals surface area contributed by atoms with Crippen LogP contribution in [0.3, 0.4) is 0 Å². The molecular weight excluding hydrogens is 406 g/mol. The summed E-state index contributed by atoms with van der Waals surface area (Å²) < 4.78 is 6.21. The van der Waals surface area contributed by atoms with Crippen LogP contribution in [0.4, 0.5) is 5.69 Å². The van der Waals surface area contributed by atoms with E-state index in [1.54, 1.807) is 30.3 Å². The Morgan fingerprint density at radius 1 is 1.24 bits per heavy atom.